The van der Waals surface area contributed by atoms with Crippen molar-refractivity contribution < 1.29 is 0 Å². The third-order valence-electron chi connectivity index (χ3n) is 5.59. The lowest BCUT2D eigenvalue weighted by atomic mass is 9.74. The second-order valence-electron chi connectivity index (χ2n) is 6.80. The molecule has 100 valence electrons. The summed E-state index contributed by atoms with van der Waals surface area (Å²) in [5.74, 6) is 2.64. The monoisotopic (exact) mass is 238 g/mol. The second-order valence-corrected chi connectivity index (χ2v) is 6.80. The van der Waals surface area contributed by atoms with Gasteiger partial charge in [-0.1, -0.05) is 20.8 Å². The van der Waals surface area contributed by atoms with E-state index in [0.29, 0.717) is 5.54 Å². The van der Waals surface area contributed by atoms with Crippen LogP contribution in [0.2, 0.25) is 0 Å². The Balaban J connectivity index is 2.03. The summed E-state index contributed by atoms with van der Waals surface area (Å²) in [6.45, 7) is 10.6. The van der Waals surface area contributed by atoms with E-state index in [4.69, 9.17) is 5.73 Å². The van der Waals surface area contributed by atoms with E-state index in [0.717, 1.165) is 24.3 Å². The van der Waals surface area contributed by atoms with Gasteiger partial charge in [-0.15, -0.1) is 0 Å². The Bertz CT molecular complexity index is 243. The van der Waals surface area contributed by atoms with Crippen LogP contribution < -0.4 is 5.73 Å². The van der Waals surface area contributed by atoms with Gasteiger partial charge in [0.25, 0.3) is 0 Å². The van der Waals surface area contributed by atoms with Gasteiger partial charge in [0.05, 0.1) is 0 Å². The lowest BCUT2D eigenvalue weighted by molar-refractivity contribution is -0.000479. The smallest absolute Gasteiger partial charge is 0.0332 e. The molecule has 2 aliphatic rings. The Hall–Kier alpha value is -0.0800. The highest BCUT2D eigenvalue weighted by molar-refractivity contribution is 4.97. The lowest BCUT2D eigenvalue weighted by Crippen LogP contribution is -2.59. The minimum atomic E-state index is 0.348. The van der Waals surface area contributed by atoms with Crippen LogP contribution in [0, 0.1) is 17.8 Å². The van der Waals surface area contributed by atoms with E-state index in [1.165, 1.54) is 45.2 Å². The van der Waals surface area contributed by atoms with Crippen LogP contribution >= 0.6 is 0 Å². The van der Waals surface area contributed by atoms with Gasteiger partial charge in [-0.3, -0.25) is 4.90 Å². The van der Waals surface area contributed by atoms with E-state index in [9.17, 15) is 0 Å². The Kier molecular flexibility index (Phi) is 4.14. The lowest BCUT2D eigenvalue weighted by Gasteiger charge is -2.51. The second kappa shape index (κ2) is 5.27. The first-order valence-electron chi connectivity index (χ1n) is 7.52. The van der Waals surface area contributed by atoms with Crippen molar-refractivity contribution in [1.82, 2.24) is 4.90 Å². The molecule has 1 saturated carbocycles. The molecule has 1 heterocycles. The van der Waals surface area contributed by atoms with Gasteiger partial charge in [-0.25, -0.2) is 0 Å². The fourth-order valence-electron chi connectivity index (χ4n) is 3.64. The maximum absolute atomic E-state index is 6.15. The SMILES string of the molecule is CC1CCC(CN)(N2CCC(C)C(C)C2)CC1. The van der Waals surface area contributed by atoms with Crippen LogP contribution in [0.25, 0.3) is 0 Å². The van der Waals surface area contributed by atoms with E-state index in [-0.39, 0.29) is 0 Å². The van der Waals surface area contributed by atoms with Crippen LogP contribution in [0.1, 0.15) is 52.9 Å². The predicted molar refractivity (Wildman–Crippen MR) is 73.9 cm³/mol. The van der Waals surface area contributed by atoms with Crippen LogP contribution in [-0.2, 0) is 0 Å². The van der Waals surface area contributed by atoms with Gasteiger partial charge in [0.15, 0.2) is 0 Å². The van der Waals surface area contributed by atoms with E-state index >= 15 is 0 Å². The van der Waals surface area contributed by atoms with Crippen molar-refractivity contribution in [3.8, 4) is 0 Å². The molecule has 2 unspecified atom stereocenters. The molecule has 1 aliphatic heterocycles. The summed E-state index contributed by atoms with van der Waals surface area (Å²) in [6, 6.07) is 0. The third kappa shape index (κ3) is 2.68. The first kappa shape index (κ1) is 13.4. The van der Waals surface area contributed by atoms with Gasteiger partial charge < -0.3 is 5.73 Å². The van der Waals surface area contributed by atoms with E-state index in [1.807, 2.05) is 0 Å². The van der Waals surface area contributed by atoms with Gasteiger partial charge in [-0.2, -0.15) is 0 Å². The van der Waals surface area contributed by atoms with Crippen molar-refractivity contribution in [2.75, 3.05) is 19.6 Å². The zero-order valence-corrected chi connectivity index (χ0v) is 11.9. The number of hydrogen-bond donors (Lipinski definition) is 1. The zero-order chi connectivity index (χ0) is 12.5. The summed E-state index contributed by atoms with van der Waals surface area (Å²) < 4.78 is 0. The number of rotatable bonds is 2. The van der Waals surface area contributed by atoms with Crippen molar-refractivity contribution in [1.29, 1.82) is 0 Å². The highest BCUT2D eigenvalue weighted by Gasteiger charge is 2.40. The molecule has 1 saturated heterocycles. The van der Waals surface area contributed by atoms with E-state index < -0.39 is 0 Å². The Morgan fingerprint density at radius 1 is 1.06 bits per heavy atom. The average Bonchev–Trinajstić information content (AvgIpc) is 2.34. The first-order valence-corrected chi connectivity index (χ1v) is 7.52. The number of piperidine rings is 1. The Labute approximate surface area is 107 Å². The first-order chi connectivity index (χ1) is 8.07. The van der Waals surface area contributed by atoms with Crippen LogP contribution in [0.5, 0.6) is 0 Å². The van der Waals surface area contributed by atoms with E-state index in [2.05, 4.69) is 25.7 Å². The topological polar surface area (TPSA) is 29.3 Å². The molecular formula is C15H30N2. The van der Waals surface area contributed by atoms with Gasteiger partial charge in [-0.05, 0) is 56.4 Å². The van der Waals surface area contributed by atoms with Crippen molar-refractivity contribution in [2.45, 2.75) is 58.4 Å². The zero-order valence-electron chi connectivity index (χ0n) is 11.9. The van der Waals surface area contributed by atoms with Crippen LogP contribution in [0.15, 0.2) is 0 Å². The molecule has 0 radical (unpaired) electrons. The molecule has 17 heavy (non-hydrogen) atoms. The minimum Gasteiger partial charge on any atom is -0.329 e. The fraction of sp³-hybridized carbons (Fsp3) is 1.00. The molecule has 0 bridgehead atoms. The van der Waals surface area contributed by atoms with E-state index in [1.54, 1.807) is 0 Å². The molecule has 2 fully saturated rings. The van der Waals surface area contributed by atoms with Gasteiger partial charge in [0.1, 0.15) is 0 Å². The highest BCUT2D eigenvalue weighted by atomic mass is 15.2. The quantitative estimate of drug-likeness (QED) is 0.801. The average molecular weight is 238 g/mol. The van der Waals surface area contributed by atoms with Crippen molar-refractivity contribution >= 4 is 0 Å². The highest BCUT2D eigenvalue weighted by Crippen LogP contribution is 2.38. The summed E-state index contributed by atoms with van der Waals surface area (Å²) in [4.78, 5) is 2.74. The number of hydrogen-bond acceptors (Lipinski definition) is 2. The third-order valence-corrected chi connectivity index (χ3v) is 5.59. The van der Waals surface area contributed by atoms with Crippen LogP contribution in [0.4, 0.5) is 0 Å². The maximum Gasteiger partial charge on any atom is 0.0332 e. The summed E-state index contributed by atoms with van der Waals surface area (Å²) in [5.41, 5.74) is 6.50. The molecule has 1 aliphatic carbocycles. The van der Waals surface area contributed by atoms with Crippen LogP contribution in [0.3, 0.4) is 0 Å². The summed E-state index contributed by atoms with van der Waals surface area (Å²) in [5, 5.41) is 0. The molecular weight excluding hydrogens is 208 g/mol. The van der Waals surface area contributed by atoms with Crippen molar-refractivity contribution in [3.05, 3.63) is 0 Å². The van der Waals surface area contributed by atoms with Crippen LogP contribution in [-0.4, -0.2) is 30.1 Å². The molecule has 2 rings (SSSR count). The maximum atomic E-state index is 6.15. The van der Waals surface area contributed by atoms with Crippen molar-refractivity contribution in [3.63, 3.8) is 0 Å². The molecule has 0 aromatic heterocycles. The molecule has 0 aromatic rings. The molecule has 0 amide bonds. The molecule has 2 N–H and O–H groups in total. The van der Waals surface area contributed by atoms with Crippen molar-refractivity contribution in [2.24, 2.45) is 23.5 Å². The number of nitrogens with zero attached hydrogens (tertiary/aromatic N) is 1. The number of likely N-dealkylation sites (tertiary alicyclic amines) is 1. The fourth-order valence-corrected chi connectivity index (χ4v) is 3.64. The number of nitrogens with two attached hydrogens (primary N) is 1. The summed E-state index contributed by atoms with van der Waals surface area (Å²) >= 11 is 0. The van der Waals surface area contributed by atoms with Gasteiger partial charge in [0, 0.05) is 18.6 Å². The van der Waals surface area contributed by atoms with Gasteiger partial charge >= 0.3 is 0 Å². The molecule has 2 atom stereocenters. The van der Waals surface area contributed by atoms with Gasteiger partial charge in [0.2, 0.25) is 0 Å². The molecule has 0 aromatic carbocycles. The minimum absolute atomic E-state index is 0.348. The molecule has 2 nitrogen and oxygen atoms in total. The predicted octanol–water partition coefficient (Wildman–Crippen LogP) is 2.87. The summed E-state index contributed by atoms with van der Waals surface area (Å²) in [7, 11) is 0. The normalized spacial score (nSPS) is 44.8. The molecule has 0 spiro atoms. The standard InChI is InChI=1S/C15H30N2/c1-12-4-7-15(11-16,8-5-12)17-9-6-13(2)14(3)10-17/h12-14H,4-11,16H2,1-3H3. The summed E-state index contributed by atoms with van der Waals surface area (Å²) in [6.07, 6.45) is 6.76. The Morgan fingerprint density at radius 3 is 2.24 bits per heavy atom. The molecule has 2 heteroatoms. The largest absolute Gasteiger partial charge is 0.329 e. The Morgan fingerprint density at radius 2 is 1.71 bits per heavy atom.